The van der Waals surface area contributed by atoms with Gasteiger partial charge in [-0.1, -0.05) is 98.8 Å². The summed E-state index contributed by atoms with van der Waals surface area (Å²) in [6, 6.07) is 46.4. The number of benzene rings is 6. The third-order valence-electron chi connectivity index (χ3n) is 9.76. The molecular weight excluding hydrogens is 609 g/mol. The first-order chi connectivity index (χ1) is 23.5. The van der Waals surface area contributed by atoms with E-state index < -0.39 is 0 Å². The summed E-state index contributed by atoms with van der Waals surface area (Å²) in [6.45, 7) is 4.54. The van der Waals surface area contributed by atoms with Crippen molar-refractivity contribution in [2.24, 2.45) is 0 Å². The van der Waals surface area contributed by atoms with Crippen LogP contribution in [0.3, 0.4) is 0 Å². The maximum absolute atomic E-state index is 6.58. The molecule has 6 aromatic carbocycles. The molecule has 3 heterocycles. The number of nitrogens with zero attached hydrogens (tertiary/aromatic N) is 2. The summed E-state index contributed by atoms with van der Waals surface area (Å²) < 4.78 is 15.6. The highest BCUT2D eigenvalue weighted by Crippen LogP contribution is 2.55. The molecule has 8 aromatic rings. The third kappa shape index (κ3) is 4.14. The van der Waals surface area contributed by atoms with Crippen LogP contribution in [-0.4, -0.2) is 9.97 Å². The predicted octanol–water partition coefficient (Wildman–Crippen LogP) is 12.0. The van der Waals surface area contributed by atoms with Crippen molar-refractivity contribution in [1.29, 1.82) is 0 Å². The van der Waals surface area contributed by atoms with Gasteiger partial charge in [-0.2, -0.15) is 0 Å². The van der Waals surface area contributed by atoms with Crippen LogP contribution in [0.4, 0.5) is 0 Å². The Morgan fingerprint density at radius 1 is 0.479 bits per heavy atom. The second kappa shape index (κ2) is 10.1. The molecule has 0 saturated carbocycles. The van der Waals surface area contributed by atoms with Crippen molar-refractivity contribution in [2.75, 3.05) is 0 Å². The Hall–Kier alpha value is -5.78. The lowest BCUT2D eigenvalue weighted by Crippen LogP contribution is -2.15. The molecule has 1 aliphatic heterocycles. The highest BCUT2D eigenvalue weighted by molar-refractivity contribution is 7.25. The van der Waals surface area contributed by atoms with Crippen LogP contribution in [0.25, 0.3) is 65.2 Å². The van der Waals surface area contributed by atoms with Gasteiger partial charge in [0.1, 0.15) is 0 Å². The Morgan fingerprint density at radius 3 is 2.06 bits per heavy atom. The quantitative estimate of drug-likeness (QED) is 0.194. The zero-order valence-electron chi connectivity index (χ0n) is 26.3. The van der Waals surface area contributed by atoms with Crippen LogP contribution in [0.15, 0.2) is 133 Å². The van der Waals surface area contributed by atoms with E-state index >= 15 is 0 Å². The SMILES string of the molecule is CC1(C)c2ccccc2-c2cc3c(cc21)Oc1ccc(-c2nc(-c4ccccc4)cc(-c4ccc5c(c4)sc4ccccc45)n2)cc1O3. The molecule has 1 aliphatic carbocycles. The number of hydrogen-bond donors (Lipinski definition) is 0. The van der Waals surface area contributed by atoms with Crippen LogP contribution in [-0.2, 0) is 5.41 Å². The monoisotopic (exact) mass is 636 g/mol. The van der Waals surface area contributed by atoms with Gasteiger partial charge in [0.15, 0.2) is 28.8 Å². The molecule has 0 saturated heterocycles. The molecule has 2 aromatic heterocycles. The number of fused-ring (bicyclic) bond motifs is 8. The lowest BCUT2D eigenvalue weighted by molar-refractivity contribution is 0.359. The molecular formula is C43H28N2O2S. The molecule has 0 bridgehead atoms. The fourth-order valence-electron chi connectivity index (χ4n) is 7.28. The summed E-state index contributed by atoms with van der Waals surface area (Å²) in [5.74, 6) is 3.39. The first kappa shape index (κ1) is 27.3. The van der Waals surface area contributed by atoms with Gasteiger partial charge in [0.05, 0.1) is 11.4 Å². The van der Waals surface area contributed by atoms with Crippen molar-refractivity contribution in [3.05, 3.63) is 145 Å². The van der Waals surface area contributed by atoms with Crippen LogP contribution in [0.2, 0.25) is 0 Å². The van der Waals surface area contributed by atoms with E-state index in [1.165, 1.54) is 42.4 Å². The molecule has 0 amide bonds. The summed E-state index contributed by atoms with van der Waals surface area (Å²) in [6.07, 6.45) is 0. The van der Waals surface area contributed by atoms with Crippen molar-refractivity contribution in [3.8, 4) is 68.0 Å². The normalized spacial score (nSPS) is 13.7. The third-order valence-corrected chi connectivity index (χ3v) is 10.9. The minimum Gasteiger partial charge on any atom is -0.450 e. The second-order valence-electron chi connectivity index (χ2n) is 13.0. The van der Waals surface area contributed by atoms with Gasteiger partial charge in [0.2, 0.25) is 0 Å². The number of ether oxygens (including phenoxy) is 2. The molecule has 0 radical (unpaired) electrons. The maximum Gasteiger partial charge on any atom is 0.170 e. The van der Waals surface area contributed by atoms with Crippen LogP contribution in [0.1, 0.15) is 25.0 Å². The van der Waals surface area contributed by atoms with Gasteiger partial charge >= 0.3 is 0 Å². The number of thiophene rings is 1. The zero-order chi connectivity index (χ0) is 32.0. The summed E-state index contributed by atoms with van der Waals surface area (Å²) in [5, 5.41) is 2.55. The molecule has 10 rings (SSSR count). The maximum atomic E-state index is 6.58. The summed E-state index contributed by atoms with van der Waals surface area (Å²) >= 11 is 1.81. The first-order valence-electron chi connectivity index (χ1n) is 16.1. The molecule has 0 N–H and O–H groups in total. The highest BCUT2D eigenvalue weighted by Gasteiger charge is 2.37. The van der Waals surface area contributed by atoms with Crippen molar-refractivity contribution >= 4 is 31.5 Å². The van der Waals surface area contributed by atoms with Gasteiger partial charge < -0.3 is 9.47 Å². The minimum atomic E-state index is -0.116. The minimum absolute atomic E-state index is 0.116. The molecule has 2 aliphatic rings. The van der Waals surface area contributed by atoms with Gasteiger partial charge in [-0.05, 0) is 70.8 Å². The fraction of sp³-hybridized carbons (Fsp3) is 0.0698. The van der Waals surface area contributed by atoms with Gasteiger partial charge in [-0.25, -0.2) is 9.97 Å². The van der Waals surface area contributed by atoms with Crippen molar-refractivity contribution < 1.29 is 9.47 Å². The van der Waals surface area contributed by atoms with Crippen molar-refractivity contribution in [2.45, 2.75) is 19.3 Å². The van der Waals surface area contributed by atoms with E-state index in [4.69, 9.17) is 19.4 Å². The summed E-state index contributed by atoms with van der Waals surface area (Å²) in [4.78, 5) is 10.2. The van der Waals surface area contributed by atoms with Gasteiger partial charge in [-0.3, -0.25) is 0 Å². The Balaban J connectivity index is 1.07. The van der Waals surface area contributed by atoms with E-state index in [1.807, 2.05) is 47.7 Å². The van der Waals surface area contributed by atoms with Gasteiger partial charge in [-0.15, -0.1) is 11.3 Å². The van der Waals surface area contributed by atoms with Crippen molar-refractivity contribution in [3.63, 3.8) is 0 Å². The topological polar surface area (TPSA) is 44.2 Å². The van der Waals surface area contributed by atoms with E-state index in [2.05, 4.69) is 111 Å². The highest BCUT2D eigenvalue weighted by atomic mass is 32.1. The lowest BCUT2D eigenvalue weighted by Gasteiger charge is -2.25. The van der Waals surface area contributed by atoms with E-state index in [0.29, 0.717) is 23.1 Å². The zero-order valence-corrected chi connectivity index (χ0v) is 27.1. The number of aromatic nitrogens is 2. The fourth-order valence-corrected chi connectivity index (χ4v) is 8.43. The Morgan fingerprint density at radius 2 is 1.17 bits per heavy atom. The van der Waals surface area contributed by atoms with Gasteiger partial charge in [0, 0.05) is 42.3 Å². The van der Waals surface area contributed by atoms with Crippen molar-refractivity contribution in [1.82, 2.24) is 9.97 Å². The predicted molar refractivity (Wildman–Crippen MR) is 195 cm³/mol. The Labute approximate surface area is 281 Å². The average Bonchev–Trinajstić information content (AvgIpc) is 3.61. The van der Waals surface area contributed by atoms with Crippen LogP contribution < -0.4 is 9.47 Å². The first-order valence-corrected chi connectivity index (χ1v) is 17.0. The Kier molecular flexibility index (Phi) is 5.76. The second-order valence-corrected chi connectivity index (χ2v) is 14.1. The molecule has 228 valence electrons. The molecule has 0 atom stereocenters. The van der Waals surface area contributed by atoms with E-state index in [-0.39, 0.29) is 5.41 Å². The van der Waals surface area contributed by atoms with E-state index in [1.54, 1.807) is 0 Å². The summed E-state index contributed by atoms with van der Waals surface area (Å²) in [5.41, 5.74) is 9.57. The molecule has 5 heteroatoms. The lowest BCUT2D eigenvalue weighted by atomic mass is 9.82. The van der Waals surface area contributed by atoms with E-state index in [9.17, 15) is 0 Å². The van der Waals surface area contributed by atoms with Gasteiger partial charge in [0.25, 0.3) is 0 Å². The van der Waals surface area contributed by atoms with E-state index in [0.717, 1.165) is 33.8 Å². The van der Waals surface area contributed by atoms with Crippen LogP contribution >= 0.6 is 11.3 Å². The Bertz CT molecular complexity index is 2600. The largest absolute Gasteiger partial charge is 0.450 e. The molecule has 0 spiro atoms. The molecule has 0 fully saturated rings. The average molecular weight is 637 g/mol. The smallest absolute Gasteiger partial charge is 0.170 e. The van der Waals surface area contributed by atoms with Crippen LogP contribution in [0, 0.1) is 0 Å². The number of hydrogen-bond acceptors (Lipinski definition) is 5. The standard InChI is InChI=1S/C43H28N2O2S/c1-43(2)32-14-8-6-12-28(32)31-22-38-39(23-33(31)43)46-36-19-17-27(20-37(36)47-38)42-44-34(25-10-4-3-5-11-25)24-35(45-42)26-16-18-30-29-13-7-9-15-40(29)48-41(30)21-26/h3-24H,1-2H3. The number of rotatable bonds is 3. The summed E-state index contributed by atoms with van der Waals surface area (Å²) in [7, 11) is 0. The molecule has 4 nitrogen and oxygen atoms in total. The van der Waals surface area contributed by atoms with Crippen LogP contribution in [0.5, 0.6) is 23.0 Å². The molecule has 0 unspecified atom stereocenters. The molecule has 48 heavy (non-hydrogen) atoms.